The minimum Gasteiger partial charge on any atom is -0.331 e. The van der Waals surface area contributed by atoms with Crippen molar-refractivity contribution in [1.29, 1.82) is 0 Å². The predicted molar refractivity (Wildman–Crippen MR) is 69.6 cm³/mol. The van der Waals surface area contributed by atoms with Crippen LogP contribution in [0.15, 0.2) is 18.2 Å². The zero-order valence-electron chi connectivity index (χ0n) is 9.03. The second-order valence-electron chi connectivity index (χ2n) is 4.54. The quantitative estimate of drug-likeness (QED) is 0.790. The summed E-state index contributed by atoms with van der Waals surface area (Å²) in [6.45, 7) is 2.24. The Morgan fingerprint density at radius 3 is 2.94 bits per heavy atom. The molecule has 3 rings (SSSR count). The number of hydrogen-bond acceptors (Lipinski definition) is 1. The number of hydrogen-bond donors (Lipinski definition) is 1. The number of aromatic nitrogens is 2. The number of aromatic amines is 1. The zero-order valence-corrected chi connectivity index (χ0v) is 10.6. The van der Waals surface area contributed by atoms with Gasteiger partial charge in [0.25, 0.3) is 0 Å². The molecule has 1 aliphatic carbocycles. The van der Waals surface area contributed by atoms with Crippen LogP contribution in [-0.4, -0.2) is 9.55 Å². The second kappa shape index (κ2) is 3.60. The van der Waals surface area contributed by atoms with Crippen LogP contribution in [0.1, 0.15) is 25.8 Å². The molecule has 0 aliphatic heterocycles. The lowest BCUT2D eigenvalue weighted by atomic mass is 10.2. The second-order valence-corrected chi connectivity index (χ2v) is 5.36. The van der Waals surface area contributed by atoms with Gasteiger partial charge >= 0.3 is 0 Å². The van der Waals surface area contributed by atoms with Crippen molar-refractivity contribution in [3.05, 3.63) is 28.0 Å². The highest BCUT2D eigenvalue weighted by Crippen LogP contribution is 2.40. The van der Waals surface area contributed by atoms with Gasteiger partial charge in [-0.25, -0.2) is 0 Å². The van der Waals surface area contributed by atoms with E-state index in [-0.39, 0.29) is 0 Å². The van der Waals surface area contributed by atoms with Gasteiger partial charge in [-0.1, -0.05) is 11.6 Å². The molecule has 1 saturated carbocycles. The van der Waals surface area contributed by atoms with E-state index in [2.05, 4.69) is 16.5 Å². The third-order valence-electron chi connectivity index (χ3n) is 3.39. The number of halogens is 1. The maximum atomic E-state index is 6.04. The molecule has 84 valence electrons. The first-order valence-corrected chi connectivity index (χ1v) is 6.35. The Morgan fingerprint density at radius 1 is 1.50 bits per heavy atom. The van der Waals surface area contributed by atoms with E-state index in [0.717, 1.165) is 26.7 Å². The molecule has 2 nitrogen and oxygen atoms in total. The molecule has 16 heavy (non-hydrogen) atoms. The highest BCUT2D eigenvalue weighted by Gasteiger charge is 2.30. The first kappa shape index (κ1) is 10.4. The number of nitrogens with zero attached hydrogens (tertiary/aromatic N) is 1. The average molecular weight is 253 g/mol. The van der Waals surface area contributed by atoms with E-state index in [1.165, 1.54) is 12.8 Å². The molecule has 4 heteroatoms. The predicted octanol–water partition coefficient (Wildman–Crippen LogP) is 4.32. The molecule has 0 saturated heterocycles. The summed E-state index contributed by atoms with van der Waals surface area (Å²) in [4.78, 5) is 3.24. The summed E-state index contributed by atoms with van der Waals surface area (Å²) in [6.07, 6.45) is 2.63. The Kier molecular flexibility index (Phi) is 2.33. The Bertz CT molecular complexity index is 595. The molecule has 1 N–H and O–H groups in total. The molecule has 1 aliphatic rings. The monoisotopic (exact) mass is 252 g/mol. The SMILES string of the molecule is CC(C1CC1)n1c(=S)[nH]c2ccc(Cl)cc21. The molecular weight excluding hydrogens is 240 g/mol. The Morgan fingerprint density at radius 2 is 2.25 bits per heavy atom. The first-order valence-electron chi connectivity index (χ1n) is 5.56. The van der Waals surface area contributed by atoms with E-state index >= 15 is 0 Å². The molecule has 0 radical (unpaired) electrons. The third kappa shape index (κ3) is 1.59. The molecule has 0 spiro atoms. The molecule has 1 unspecified atom stereocenters. The van der Waals surface area contributed by atoms with Gasteiger partial charge in [0.15, 0.2) is 4.77 Å². The number of imidazole rings is 1. The zero-order chi connectivity index (χ0) is 11.3. The molecule has 1 heterocycles. The van der Waals surface area contributed by atoms with E-state index in [1.807, 2.05) is 18.2 Å². The standard InChI is InChI=1S/C12H13ClN2S/c1-7(8-2-3-8)15-11-6-9(13)4-5-10(11)14-12(15)16/h4-8H,2-3H2,1H3,(H,14,16). The summed E-state index contributed by atoms with van der Waals surface area (Å²) < 4.78 is 3.01. The summed E-state index contributed by atoms with van der Waals surface area (Å²) in [7, 11) is 0. The van der Waals surface area contributed by atoms with Crippen molar-refractivity contribution >= 4 is 34.9 Å². The summed E-state index contributed by atoms with van der Waals surface area (Å²) in [5.74, 6) is 0.782. The summed E-state index contributed by atoms with van der Waals surface area (Å²) in [6, 6.07) is 6.34. The van der Waals surface area contributed by atoms with Crippen LogP contribution in [0.25, 0.3) is 11.0 Å². The van der Waals surface area contributed by atoms with Gasteiger partial charge in [0.2, 0.25) is 0 Å². The van der Waals surface area contributed by atoms with Gasteiger partial charge in [-0.3, -0.25) is 0 Å². The number of rotatable bonds is 2. The highest BCUT2D eigenvalue weighted by atomic mass is 35.5. The van der Waals surface area contributed by atoms with E-state index in [9.17, 15) is 0 Å². The van der Waals surface area contributed by atoms with Crippen LogP contribution in [0.2, 0.25) is 5.02 Å². The van der Waals surface area contributed by atoms with Crippen molar-refractivity contribution in [2.24, 2.45) is 5.92 Å². The molecule has 0 bridgehead atoms. The summed E-state index contributed by atoms with van der Waals surface area (Å²) in [5, 5.41) is 0.762. The summed E-state index contributed by atoms with van der Waals surface area (Å²) in [5.41, 5.74) is 2.19. The molecule has 2 aromatic rings. The van der Waals surface area contributed by atoms with E-state index in [0.29, 0.717) is 6.04 Å². The van der Waals surface area contributed by atoms with E-state index in [4.69, 9.17) is 23.8 Å². The van der Waals surface area contributed by atoms with Crippen molar-refractivity contribution < 1.29 is 0 Å². The van der Waals surface area contributed by atoms with Crippen molar-refractivity contribution in [3.63, 3.8) is 0 Å². The van der Waals surface area contributed by atoms with Crippen molar-refractivity contribution in [2.75, 3.05) is 0 Å². The number of fused-ring (bicyclic) bond motifs is 1. The van der Waals surface area contributed by atoms with Gasteiger partial charge in [-0.15, -0.1) is 0 Å². The van der Waals surface area contributed by atoms with Crippen molar-refractivity contribution in [2.45, 2.75) is 25.8 Å². The largest absolute Gasteiger partial charge is 0.331 e. The molecule has 1 aromatic heterocycles. The molecule has 1 atom stereocenters. The van der Waals surface area contributed by atoms with Gasteiger partial charge in [0.1, 0.15) is 0 Å². The smallest absolute Gasteiger partial charge is 0.178 e. The van der Waals surface area contributed by atoms with Crippen LogP contribution in [0.5, 0.6) is 0 Å². The van der Waals surface area contributed by atoms with Gasteiger partial charge in [-0.05, 0) is 56.1 Å². The fourth-order valence-electron chi connectivity index (χ4n) is 2.29. The topological polar surface area (TPSA) is 20.7 Å². The van der Waals surface area contributed by atoms with Crippen LogP contribution in [0, 0.1) is 10.7 Å². The maximum Gasteiger partial charge on any atom is 0.178 e. The maximum absolute atomic E-state index is 6.04. The number of nitrogens with one attached hydrogen (secondary N) is 1. The van der Waals surface area contributed by atoms with Gasteiger partial charge in [-0.2, -0.15) is 0 Å². The van der Waals surface area contributed by atoms with Crippen LogP contribution in [0.4, 0.5) is 0 Å². The summed E-state index contributed by atoms with van der Waals surface area (Å²) >= 11 is 11.4. The first-order chi connectivity index (χ1) is 7.66. The van der Waals surface area contributed by atoms with E-state index in [1.54, 1.807) is 0 Å². The fourth-order valence-corrected chi connectivity index (χ4v) is 2.83. The lowest BCUT2D eigenvalue weighted by Crippen LogP contribution is -2.06. The molecule has 0 amide bonds. The number of H-pyrrole nitrogens is 1. The van der Waals surface area contributed by atoms with Crippen molar-refractivity contribution in [1.82, 2.24) is 9.55 Å². The van der Waals surface area contributed by atoms with Crippen LogP contribution < -0.4 is 0 Å². The molecular formula is C12H13ClN2S. The van der Waals surface area contributed by atoms with Crippen LogP contribution in [0.3, 0.4) is 0 Å². The van der Waals surface area contributed by atoms with Gasteiger partial charge < -0.3 is 9.55 Å². The molecule has 1 fully saturated rings. The minimum absolute atomic E-state index is 0.472. The normalized spacial score (nSPS) is 17.9. The van der Waals surface area contributed by atoms with E-state index < -0.39 is 0 Å². The van der Waals surface area contributed by atoms with Crippen LogP contribution >= 0.6 is 23.8 Å². The van der Waals surface area contributed by atoms with Gasteiger partial charge in [0, 0.05) is 11.1 Å². The number of benzene rings is 1. The fraction of sp³-hybridized carbons (Fsp3) is 0.417. The minimum atomic E-state index is 0.472. The Hall–Kier alpha value is -0.800. The third-order valence-corrected chi connectivity index (χ3v) is 3.93. The van der Waals surface area contributed by atoms with Crippen LogP contribution in [-0.2, 0) is 0 Å². The average Bonchev–Trinajstić information content (AvgIpc) is 3.01. The highest BCUT2D eigenvalue weighted by molar-refractivity contribution is 7.71. The molecule has 1 aromatic carbocycles. The Labute approximate surface area is 104 Å². The lowest BCUT2D eigenvalue weighted by Gasteiger charge is -2.13. The van der Waals surface area contributed by atoms with Crippen molar-refractivity contribution in [3.8, 4) is 0 Å². The Balaban J connectivity index is 2.24. The van der Waals surface area contributed by atoms with Gasteiger partial charge in [0.05, 0.1) is 11.0 Å². The lowest BCUT2D eigenvalue weighted by molar-refractivity contribution is 0.493.